The van der Waals surface area contributed by atoms with Crippen molar-refractivity contribution in [3.63, 3.8) is 0 Å². The summed E-state index contributed by atoms with van der Waals surface area (Å²) in [6, 6.07) is 19.9. The van der Waals surface area contributed by atoms with Crippen LogP contribution in [0.1, 0.15) is 23.0 Å². The molecule has 1 unspecified atom stereocenters. The van der Waals surface area contributed by atoms with Crippen molar-refractivity contribution in [3.8, 4) is 5.75 Å². The molecule has 0 N–H and O–H groups in total. The fourth-order valence-corrected chi connectivity index (χ4v) is 5.11. The Kier molecular flexibility index (Phi) is 7.15. The van der Waals surface area contributed by atoms with Gasteiger partial charge in [-0.25, -0.2) is 4.98 Å². The topological polar surface area (TPSA) is 45.7 Å². The summed E-state index contributed by atoms with van der Waals surface area (Å²) in [5.74, 6) is 0.705. The Morgan fingerprint density at radius 2 is 1.80 bits per heavy atom. The van der Waals surface area contributed by atoms with Crippen LogP contribution in [-0.2, 0) is 11.3 Å². The maximum atomic E-state index is 13.1. The summed E-state index contributed by atoms with van der Waals surface area (Å²) in [4.78, 5) is 22.1. The molecule has 0 aliphatic carbocycles. The highest BCUT2D eigenvalue weighted by molar-refractivity contribution is 9.10. The highest BCUT2D eigenvalue weighted by atomic mass is 79.9. The van der Waals surface area contributed by atoms with Gasteiger partial charge in [-0.15, -0.1) is 11.3 Å². The van der Waals surface area contributed by atoms with Crippen molar-refractivity contribution in [1.82, 2.24) is 14.8 Å². The SMILES string of the molecule is O=C(COc1ccccc1)N1CCN(Cc2ccccc2)CCC1c1nc(Br)cs1. The number of benzene rings is 2. The second-order valence-electron chi connectivity index (χ2n) is 7.26. The largest absolute Gasteiger partial charge is 0.484 e. The van der Waals surface area contributed by atoms with Crippen molar-refractivity contribution in [1.29, 1.82) is 0 Å². The van der Waals surface area contributed by atoms with Crippen LogP contribution in [0.5, 0.6) is 5.75 Å². The van der Waals surface area contributed by atoms with Crippen LogP contribution in [0.2, 0.25) is 0 Å². The van der Waals surface area contributed by atoms with Crippen molar-refractivity contribution in [2.75, 3.05) is 26.2 Å². The molecule has 156 valence electrons. The minimum Gasteiger partial charge on any atom is -0.484 e. The number of hydrogen-bond donors (Lipinski definition) is 0. The summed E-state index contributed by atoms with van der Waals surface area (Å²) >= 11 is 5.05. The third-order valence-electron chi connectivity index (χ3n) is 5.21. The van der Waals surface area contributed by atoms with Crippen LogP contribution < -0.4 is 4.74 Å². The lowest BCUT2D eigenvalue weighted by Crippen LogP contribution is -2.39. The van der Waals surface area contributed by atoms with Gasteiger partial charge in [0.2, 0.25) is 0 Å². The lowest BCUT2D eigenvalue weighted by atomic mass is 10.1. The first-order chi connectivity index (χ1) is 14.7. The Bertz CT molecular complexity index is 951. The number of amides is 1. The number of para-hydroxylation sites is 1. The molecule has 2 heterocycles. The predicted octanol–water partition coefficient (Wildman–Crippen LogP) is 4.76. The molecule has 3 aromatic rings. The zero-order chi connectivity index (χ0) is 20.8. The van der Waals surface area contributed by atoms with Crippen molar-refractivity contribution in [2.24, 2.45) is 0 Å². The molecule has 0 saturated carbocycles. The molecule has 1 amide bonds. The molecule has 2 aromatic carbocycles. The van der Waals surface area contributed by atoms with Crippen molar-refractivity contribution in [2.45, 2.75) is 19.0 Å². The first-order valence-corrected chi connectivity index (χ1v) is 11.7. The monoisotopic (exact) mass is 485 g/mol. The molecule has 1 atom stereocenters. The van der Waals surface area contributed by atoms with Crippen LogP contribution in [0, 0.1) is 0 Å². The third-order valence-corrected chi connectivity index (χ3v) is 6.86. The number of aromatic nitrogens is 1. The van der Waals surface area contributed by atoms with Crippen molar-refractivity contribution in [3.05, 3.63) is 81.2 Å². The Morgan fingerprint density at radius 1 is 1.07 bits per heavy atom. The van der Waals surface area contributed by atoms with E-state index in [4.69, 9.17) is 4.74 Å². The normalized spacial score (nSPS) is 17.5. The third kappa shape index (κ3) is 5.47. The van der Waals surface area contributed by atoms with E-state index in [0.717, 1.165) is 35.7 Å². The van der Waals surface area contributed by atoms with Gasteiger partial charge < -0.3 is 9.64 Å². The van der Waals surface area contributed by atoms with E-state index < -0.39 is 0 Å². The van der Waals surface area contributed by atoms with Gasteiger partial charge in [0.05, 0.1) is 6.04 Å². The molecule has 5 nitrogen and oxygen atoms in total. The average molecular weight is 486 g/mol. The van der Waals surface area contributed by atoms with Crippen LogP contribution in [-0.4, -0.2) is 46.9 Å². The van der Waals surface area contributed by atoms with E-state index in [1.807, 2.05) is 46.7 Å². The standard InChI is InChI=1S/C23H24BrN3O2S/c24-21-17-30-23(25-21)20-11-12-26(15-18-7-3-1-4-8-18)13-14-27(20)22(28)16-29-19-9-5-2-6-10-19/h1-10,17,20H,11-16H2. The van der Waals surface area contributed by atoms with Gasteiger partial charge in [0, 0.05) is 31.6 Å². The summed E-state index contributed by atoms with van der Waals surface area (Å²) in [6.07, 6.45) is 0.851. The van der Waals surface area contributed by atoms with E-state index >= 15 is 0 Å². The molecule has 0 radical (unpaired) electrons. The van der Waals surface area contributed by atoms with Crippen LogP contribution in [0.15, 0.2) is 70.6 Å². The average Bonchev–Trinajstić information content (AvgIpc) is 3.10. The van der Waals surface area contributed by atoms with Gasteiger partial charge in [-0.05, 0) is 40.0 Å². The Morgan fingerprint density at radius 3 is 2.50 bits per heavy atom. The van der Waals surface area contributed by atoms with Crippen LogP contribution >= 0.6 is 27.3 Å². The van der Waals surface area contributed by atoms with Gasteiger partial charge in [-0.1, -0.05) is 48.5 Å². The highest BCUT2D eigenvalue weighted by Gasteiger charge is 2.31. The molecular formula is C23H24BrN3O2S. The lowest BCUT2D eigenvalue weighted by Gasteiger charge is -2.28. The zero-order valence-corrected chi connectivity index (χ0v) is 19.0. The van der Waals surface area contributed by atoms with Gasteiger partial charge in [0.1, 0.15) is 15.4 Å². The second-order valence-corrected chi connectivity index (χ2v) is 8.97. The van der Waals surface area contributed by atoms with Crippen molar-refractivity contribution < 1.29 is 9.53 Å². The van der Waals surface area contributed by atoms with Crippen LogP contribution in [0.25, 0.3) is 0 Å². The van der Waals surface area contributed by atoms with E-state index in [9.17, 15) is 4.79 Å². The first kappa shape index (κ1) is 21.0. The van der Waals surface area contributed by atoms with E-state index in [2.05, 4.69) is 50.1 Å². The molecule has 1 aliphatic heterocycles. The molecule has 0 spiro atoms. The van der Waals surface area contributed by atoms with E-state index in [1.54, 1.807) is 11.3 Å². The maximum absolute atomic E-state index is 13.1. The molecule has 0 bridgehead atoms. The number of carbonyl (C=O) groups is 1. The van der Waals surface area contributed by atoms with Gasteiger partial charge >= 0.3 is 0 Å². The summed E-state index contributed by atoms with van der Waals surface area (Å²) < 4.78 is 6.56. The smallest absolute Gasteiger partial charge is 0.261 e. The minimum atomic E-state index is -0.0334. The predicted molar refractivity (Wildman–Crippen MR) is 123 cm³/mol. The van der Waals surface area contributed by atoms with Gasteiger partial charge in [-0.2, -0.15) is 0 Å². The van der Waals surface area contributed by atoms with E-state index in [0.29, 0.717) is 12.3 Å². The maximum Gasteiger partial charge on any atom is 0.261 e. The number of nitrogens with zero attached hydrogens (tertiary/aromatic N) is 3. The first-order valence-electron chi connectivity index (χ1n) is 10.0. The van der Waals surface area contributed by atoms with E-state index in [-0.39, 0.29) is 18.6 Å². The van der Waals surface area contributed by atoms with Gasteiger partial charge in [0.15, 0.2) is 6.61 Å². The van der Waals surface area contributed by atoms with Crippen molar-refractivity contribution >= 4 is 33.2 Å². The van der Waals surface area contributed by atoms with Crippen LogP contribution in [0.4, 0.5) is 0 Å². The fraction of sp³-hybridized carbons (Fsp3) is 0.304. The highest BCUT2D eigenvalue weighted by Crippen LogP contribution is 2.31. The summed E-state index contributed by atoms with van der Waals surface area (Å²) in [7, 11) is 0. The Hall–Kier alpha value is -2.22. The molecule has 1 saturated heterocycles. The molecule has 4 rings (SSSR count). The fourth-order valence-electron chi connectivity index (χ4n) is 3.70. The summed E-state index contributed by atoms with van der Waals surface area (Å²) in [5.41, 5.74) is 1.29. The molecule has 7 heteroatoms. The molecule has 1 fully saturated rings. The number of hydrogen-bond acceptors (Lipinski definition) is 5. The molecule has 1 aliphatic rings. The number of ether oxygens (including phenoxy) is 1. The quantitative estimate of drug-likeness (QED) is 0.504. The minimum absolute atomic E-state index is 0.00302. The lowest BCUT2D eigenvalue weighted by molar-refractivity contribution is -0.135. The summed E-state index contributed by atoms with van der Waals surface area (Å²) in [6.45, 7) is 3.32. The van der Waals surface area contributed by atoms with E-state index in [1.165, 1.54) is 5.56 Å². The molecule has 1 aromatic heterocycles. The molecular weight excluding hydrogens is 462 g/mol. The zero-order valence-electron chi connectivity index (χ0n) is 16.6. The second kappa shape index (κ2) is 10.2. The molecule has 30 heavy (non-hydrogen) atoms. The Labute approximate surface area is 189 Å². The number of rotatable bonds is 6. The Balaban J connectivity index is 1.47. The van der Waals surface area contributed by atoms with Gasteiger partial charge in [0.25, 0.3) is 5.91 Å². The number of halogens is 1. The number of thiazole rings is 1. The summed E-state index contributed by atoms with van der Waals surface area (Å²) in [5, 5.41) is 2.95. The number of carbonyl (C=O) groups excluding carboxylic acids is 1. The van der Waals surface area contributed by atoms with Gasteiger partial charge in [-0.3, -0.25) is 9.69 Å². The van der Waals surface area contributed by atoms with Crippen LogP contribution in [0.3, 0.4) is 0 Å².